The molecule has 12 nitrogen and oxygen atoms in total. The first-order chi connectivity index (χ1) is 20.1. The molecule has 2 aromatic rings. The number of phenolic OH excluding ortho intramolecular Hbond substituents is 6. The summed E-state index contributed by atoms with van der Waals surface area (Å²) >= 11 is 0. The van der Waals surface area contributed by atoms with Crippen LogP contribution in [0.2, 0.25) is 0 Å². The Bertz CT molecular complexity index is 1300. The summed E-state index contributed by atoms with van der Waals surface area (Å²) in [5.41, 5.74) is -1.04. The first kappa shape index (κ1) is 29.9. The van der Waals surface area contributed by atoms with Gasteiger partial charge in [-0.1, -0.05) is 38.5 Å². The van der Waals surface area contributed by atoms with E-state index in [0.29, 0.717) is 12.8 Å². The minimum absolute atomic E-state index is 0.0288. The molecule has 0 aromatic heterocycles. The molecule has 230 valence electrons. The van der Waals surface area contributed by atoms with E-state index in [1.165, 1.54) is 0 Å². The lowest BCUT2D eigenvalue weighted by Gasteiger charge is -2.47. The molecule has 42 heavy (non-hydrogen) atoms. The van der Waals surface area contributed by atoms with Crippen LogP contribution < -0.4 is 10.6 Å². The fraction of sp³-hybridized carbons (Fsp3) is 0.567. The molecule has 3 fully saturated rings. The summed E-state index contributed by atoms with van der Waals surface area (Å²) in [4.78, 5) is 12.8. The molecule has 0 heterocycles. The molecule has 3 aliphatic rings. The van der Waals surface area contributed by atoms with Crippen molar-refractivity contribution in [2.24, 2.45) is 5.92 Å². The highest BCUT2D eigenvalue weighted by molar-refractivity contribution is 5.96. The van der Waals surface area contributed by atoms with E-state index in [4.69, 9.17) is 4.74 Å². The van der Waals surface area contributed by atoms with Gasteiger partial charge in [-0.3, -0.25) is 4.79 Å². The number of aliphatic hydroxyl groups is 2. The molecule has 0 spiro atoms. The van der Waals surface area contributed by atoms with Gasteiger partial charge < -0.3 is 56.2 Å². The van der Waals surface area contributed by atoms with Gasteiger partial charge in [-0.15, -0.1) is 0 Å². The molecule has 2 atom stereocenters. The number of anilines is 2. The third kappa shape index (κ3) is 5.58. The SMILES string of the molecule is O=C(Nc1c(O)cc(O)c(C2C(O)C(c3c(O)cc(O)c(NCOC4CCCCC4)c3O)C2O)c1O)C1CCCCC1. The molecule has 0 saturated heterocycles. The Morgan fingerprint density at radius 2 is 1.17 bits per heavy atom. The Hall–Kier alpha value is -3.61. The minimum atomic E-state index is -1.53. The molecule has 3 saturated carbocycles. The summed E-state index contributed by atoms with van der Waals surface area (Å²) in [7, 11) is 0. The maximum absolute atomic E-state index is 12.8. The Balaban J connectivity index is 1.36. The van der Waals surface area contributed by atoms with Gasteiger partial charge >= 0.3 is 0 Å². The number of carbonyl (C=O) groups excluding carboxylic acids is 1. The second-order valence-corrected chi connectivity index (χ2v) is 11.7. The highest BCUT2D eigenvalue weighted by Gasteiger charge is 2.54. The number of hydrogen-bond acceptors (Lipinski definition) is 11. The Morgan fingerprint density at radius 3 is 1.71 bits per heavy atom. The van der Waals surface area contributed by atoms with Crippen LogP contribution in [-0.4, -0.2) is 71.8 Å². The fourth-order valence-electron chi connectivity index (χ4n) is 6.71. The lowest BCUT2D eigenvalue weighted by Crippen LogP contribution is -2.51. The largest absolute Gasteiger partial charge is 0.507 e. The van der Waals surface area contributed by atoms with E-state index in [1.54, 1.807) is 0 Å². The summed E-state index contributed by atoms with van der Waals surface area (Å²) in [5.74, 6) is -6.83. The van der Waals surface area contributed by atoms with E-state index in [-0.39, 0.29) is 41.3 Å². The van der Waals surface area contributed by atoms with Gasteiger partial charge in [-0.2, -0.15) is 0 Å². The molecule has 10 N–H and O–H groups in total. The zero-order valence-corrected chi connectivity index (χ0v) is 23.3. The molecule has 5 rings (SSSR count). The van der Waals surface area contributed by atoms with Crippen molar-refractivity contribution >= 4 is 17.3 Å². The third-order valence-corrected chi connectivity index (χ3v) is 9.08. The zero-order chi connectivity index (χ0) is 30.1. The molecule has 0 bridgehead atoms. The van der Waals surface area contributed by atoms with Crippen LogP contribution in [0.4, 0.5) is 11.4 Å². The van der Waals surface area contributed by atoms with Crippen LogP contribution in [0.5, 0.6) is 34.5 Å². The molecule has 1 amide bonds. The van der Waals surface area contributed by atoms with Crippen molar-refractivity contribution in [3.63, 3.8) is 0 Å². The van der Waals surface area contributed by atoms with E-state index >= 15 is 0 Å². The molecule has 2 aromatic carbocycles. The van der Waals surface area contributed by atoms with E-state index in [2.05, 4.69) is 10.6 Å². The summed E-state index contributed by atoms with van der Waals surface area (Å²) < 4.78 is 5.80. The van der Waals surface area contributed by atoms with Crippen LogP contribution in [0.3, 0.4) is 0 Å². The van der Waals surface area contributed by atoms with Crippen molar-refractivity contribution in [2.75, 3.05) is 17.4 Å². The minimum Gasteiger partial charge on any atom is -0.507 e. The van der Waals surface area contributed by atoms with Crippen LogP contribution in [0.15, 0.2) is 12.1 Å². The van der Waals surface area contributed by atoms with Crippen molar-refractivity contribution in [1.82, 2.24) is 0 Å². The number of aromatic hydroxyl groups is 6. The van der Waals surface area contributed by atoms with Gasteiger partial charge in [-0.05, 0) is 25.7 Å². The van der Waals surface area contributed by atoms with Gasteiger partial charge in [0.15, 0.2) is 0 Å². The van der Waals surface area contributed by atoms with E-state index < -0.39 is 64.4 Å². The number of hydrogen-bond donors (Lipinski definition) is 10. The number of phenols is 6. The van der Waals surface area contributed by atoms with Gasteiger partial charge in [0.1, 0.15) is 52.6 Å². The highest BCUT2D eigenvalue weighted by atomic mass is 16.5. The van der Waals surface area contributed by atoms with Crippen LogP contribution >= 0.6 is 0 Å². The van der Waals surface area contributed by atoms with Crippen molar-refractivity contribution in [1.29, 1.82) is 0 Å². The van der Waals surface area contributed by atoms with E-state index in [9.17, 15) is 45.6 Å². The molecule has 2 unspecified atom stereocenters. The normalized spacial score (nSPS) is 25.1. The predicted molar refractivity (Wildman–Crippen MR) is 152 cm³/mol. The second-order valence-electron chi connectivity index (χ2n) is 11.7. The topological polar surface area (TPSA) is 212 Å². The molecular weight excluding hydrogens is 548 g/mol. The van der Waals surface area contributed by atoms with Crippen molar-refractivity contribution < 1.29 is 50.4 Å². The first-order valence-electron chi connectivity index (χ1n) is 14.7. The van der Waals surface area contributed by atoms with Gasteiger partial charge in [0.05, 0.1) is 18.3 Å². The van der Waals surface area contributed by atoms with Crippen LogP contribution in [0.25, 0.3) is 0 Å². The Kier molecular flexibility index (Phi) is 8.76. The number of aliphatic hydroxyl groups excluding tert-OH is 2. The second kappa shape index (κ2) is 12.3. The molecular formula is C30H40N2O10. The van der Waals surface area contributed by atoms with Crippen LogP contribution in [0, 0.1) is 5.92 Å². The summed E-state index contributed by atoms with van der Waals surface area (Å²) in [6.45, 7) is -0.0288. The average molecular weight is 589 g/mol. The number of benzene rings is 2. The van der Waals surface area contributed by atoms with Gasteiger partial charge in [0.2, 0.25) is 5.91 Å². The standard InChI is InChI=1S/C30H40N2O10/c33-16-11-18(35)24(31-13-42-15-9-5-2-6-10-15)28(39)20(16)22-26(37)23(27(22)38)21-17(34)12-19(36)25(29(21)40)32-30(41)14-7-3-1-4-8-14/h11-12,14-15,22-23,26-27,31,33-40H,1-10,13H2,(H,32,41). The monoisotopic (exact) mass is 588 g/mol. The maximum Gasteiger partial charge on any atom is 0.227 e. The number of nitrogens with one attached hydrogen (secondary N) is 2. The summed E-state index contributed by atoms with van der Waals surface area (Å²) in [6.07, 6.45) is 6.22. The lowest BCUT2D eigenvalue weighted by molar-refractivity contribution is -0.120. The van der Waals surface area contributed by atoms with Gasteiger partial charge in [-0.25, -0.2) is 0 Å². The Morgan fingerprint density at radius 1 is 0.690 bits per heavy atom. The molecule has 0 radical (unpaired) electrons. The maximum atomic E-state index is 12.8. The summed E-state index contributed by atoms with van der Waals surface area (Å²) in [6, 6.07) is 1.88. The lowest BCUT2D eigenvalue weighted by atomic mass is 9.62. The van der Waals surface area contributed by atoms with Crippen LogP contribution in [0.1, 0.15) is 87.2 Å². The molecule has 12 heteroatoms. The van der Waals surface area contributed by atoms with Gasteiger partial charge in [0.25, 0.3) is 0 Å². The zero-order valence-electron chi connectivity index (χ0n) is 23.3. The van der Waals surface area contributed by atoms with Crippen molar-refractivity contribution in [2.45, 2.75) is 94.4 Å². The third-order valence-electron chi connectivity index (χ3n) is 9.08. The fourth-order valence-corrected chi connectivity index (χ4v) is 6.71. The number of rotatable bonds is 8. The smallest absolute Gasteiger partial charge is 0.227 e. The predicted octanol–water partition coefficient (Wildman–Crippen LogP) is 3.76. The number of amides is 1. The van der Waals surface area contributed by atoms with E-state index in [1.807, 2.05) is 0 Å². The van der Waals surface area contributed by atoms with Crippen molar-refractivity contribution in [3.8, 4) is 34.5 Å². The molecule has 3 aliphatic carbocycles. The average Bonchev–Trinajstić information content (AvgIpc) is 2.97. The summed E-state index contributed by atoms with van der Waals surface area (Å²) in [5, 5.41) is 91.5. The van der Waals surface area contributed by atoms with E-state index in [0.717, 1.165) is 63.5 Å². The first-order valence-corrected chi connectivity index (χ1v) is 14.7. The number of ether oxygens (including phenoxy) is 1. The number of carbonyl (C=O) groups is 1. The highest BCUT2D eigenvalue weighted by Crippen LogP contribution is 2.59. The Labute approximate surface area is 243 Å². The molecule has 0 aliphatic heterocycles. The van der Waals surface area contributed by atoms with Gasteiger partial charge in [0, 0.05) is 41.0 Å². The quantitative estimate of drug-likeness (QED) is 0.122. The van der Waals surface area contributed by atoms with Crippen LogP contribution in [-0.2, 0) is 9.53 Å². The van der Waals surface area contributed by atoms with Crippen molar-refractivity contribution in [3.05, 3.63) is 23.3 Å².